The summed E-state index contributed by atoms with van der Waals surface area (Å²) < 4.78 is 1.92. The van der Waals surface area contributed by atoms with Gasteiger partial charge in [0.15, 0.2) is 5.16 Å². The summed E-state index contributed by atoms with van der Waals surface area (Å²) >= 11 is 1.61. The third-order valence-corrected chi connectivity index (χ3v) is 3.87. The van der Waals surface area contributed by atoms with Gasteiger partial charge in [0, 0.05) is 37.1 Å². The van der Waals surface area contributed by atoms with Crippen molar-refractivity contribution < 1.29 is 0 Å². The van der Waals surface area contributed by atoms with Gasteiger partial charge in [0.25, 0.3) is 0 Å². The number of hydrogen-bond donors (Lipinski definition) is 2. The Bertz CT molecular complexity index is 536. The van der Waals surface area contributed by atoms with Crippen LogP contribution < -0.4 is 5.32 Å². The van der Waals surface area contributed by atoms with E-state index in [1.807, 2.05) is 24.9 Å². The van der Waals surface area contributed by atoms with E-state index in [4.69, 9.17) is 0 Å². The number of H-pyrrole nitrogens is 1. The van der Waals surface area contributed by atoms with Crippen LogP contribution in [0.4, 0.5) is 0 Å². The molecule has 0 aliphatic heterocycles. The van der Waals surface area contributed by atoms with Gasteiger partial charge < -0.3 is 10.3 Å². The Morgan fingerprint density at radius 1 is 1.42 bits per heavy atom. The highest BCUT2D eigenvalue weighted by Gasteiger charge is 2.17. The van der Waals surface area contributed by atoms with Crippen molar-refractivity contribution in [3.05, 3.63) is 23.7 Å². The molecule has 0 saturated heterocycles. The smallest absolute Gasteiger partial charge is 0.171 e. The summed E-state index contributed by atoms with van der Waals surface area (Å²) in [5, 5.41) is 10.0. The van der Waals surface area contributed by atoms with Crippen molar-refractivity contribution in [3.63, 3.8) is 0 Å². The van der Waals surface area contributed by atoms with E-state index in [9.17, 15) is 0 Å². The third-order valence-electron chi connectivity index (χ3n) is 2.75. The zero-order valence-corrected chi connectivity index (χ0v) is 12.9. The Kier molecular flexibility index (Phi) is 4.01. The first kappa shape index (κ1) is 14.1. The maximum absolute atomic E-state index is 4.51. The lowest BCUT2D eigenvalue weighted by molar-refractivity contribution is 0.421. The van der Waals surface area contributed by atoms with Crippen molar-refractivity contribution in [2.45, 2.75) is 50.0 Å². The van der Waals surface area contributed by atoms with Gasteiger partial charge in [-0.2, -0.15) is 5.10 Å². The molecule has 104 valence electrons. The molecule has 0 saturated carbocycles. The third kappa shape index (κ3) is 3.61. The number of aryl methyl sites for hydroxylation is 2. The lowest BCUT2D eigenvalue weighted by atomic mass is 10.1. The van der Waals surface area contributed by atoms with Gasteiger partial charge in [-0.3, -0.25) is 4.68 Å². The van der Waals surface area contributed by atoms with Crippen LogP contribution in [-0.4, -0.2) is 25.3 Å². The topological polar surface area (TPSA) is 58.5 Å². The quantitative estimate of drug-likeness (QED) is 0.903. The number of imidazole rings is 1. The lowest BCUT2D eigenvalue weighted by Gasteiger charge is -2.20. The van der Waals surface area contributed by atoms with Gasteiger partial charge in [-0.25, -0.2) is 4.98 Å². The monoisotopic (exact) mass is 279 g/mol. The number of aromatic amines is 1. The molecule has 0 aliphatic carbocycles. The van der Waals surface area contributed by atoms with Crippen LogP contribution in [0.1, 0.15) is 32.0 Å². The minimum Gasteiger partial charge on any atom is -0.339 e. The molecule has 2 aromatic heterocycles. The molecule has 2 rings (SSSR count). The van der Waals surface area contributed by atoms with E-state index in [0.717, 1.165) is 22.4 Å². The van der Waals surface area contributed by atoms with Crippen molar-refractivity contribution >= 4 is 11.8 Å². The van der Waals surface area contributed by atoms with Crippen molar-refractivity contribution in [3.8, 4) is 0 Å². The zero-order chi connectivity index (χ0) is 14.0. The Balaban J connectivity index is 2.22. The van der Waals surface area contributed by atoms with Gasteiger partial charge in [-0.05, 0) is 39.5 Å². The van der Waals surface area contributed by atoms with E-state index in [1.165, 1.54) is 5.56 Å². The van der Waals surface area contributed by atoms with Gasteiger partial charge in [0.2, 0.25) is 0 Å². The molecule has 6 heteroatoms. The average Bonchev–Trinajstić information content (AvgIpc) is 2.86. The fraction of sp³-hybridized carbons (Fsp3) is 0.538. The maximum atomic E-state index is 4.51. The second-order valence-corrected chi connectivity index (χ2v) is 6.57. The van der Waals surface area contributed by atoms with Crippen molar-refractivity contribution in [2.24, 2.45) is 7.05 Å². The van der Waals surface area contributed by atoms with E-state index in [1.54, 1.807) is 18.0 Å². The van der Waals surface area contributed by atoms with Gasteiger partial charge in [-0.1, -0.05) is 0 Å². The summed E-state index contributed by atoms with van der Waals surface area (Å²) in [7, 11) is 1.97. The predicted octanol–water partition coefficient (Wildman–Crippen LogP) is 2.49. The summed E-state index contributed by atoms with van der Waals surface area (Å²) in [6.45, 7) is 9.35. The highest BCUT2D eigenvalue weighted by atomic mass is 32.2. The molecule has 0 fully saturated rings. The SMILES string of the molecule is Cc1nn(C)c(Sc2ncc[nH]2)c1CNC(C)(C)C. The molecular formula is C13H21N5S. The fourth-order valence-corrected chi connectivity index (χ4v) is 2.70. The van der Waals surface area contributed by atoms with E-state index in [-0.39, 0.29) is 5.54 Å². The predicted molar refractivity (Wildman–Crippen MR) is 77.2 cm³/mol. The molecule has 2 heterocycles. The Hall–Kier alpha value is -1.27. The molecule has 0 aliphatic rings. The second-order valence-electron chi connectivity index (χ2n) is 5.59. The van der Waals surface area contributed by atoms with Gasteiger partial charge >= 0.3 is 0 Å². The van der Waals surface area contributed by atoms with E-state index in [0.29, 0.717) is 0 Å². The molecule has 19 heavy (non-hydrogen) atoms. The van der Waals surface area contributed by atoms with Crippen molar-refractivity contribution in [2.75, 3.05) is 0 Å². The molecule has 5 nitrogen and oxygen atoms in total. The summed E-state index contributed by atoms with van der Waals surface area (Å²) in [5.41, 5.74) is 2.39. The lowest BCUT2D eigenvalue weighted by Crippen LogP contribution is -2.35. The fourth-order valence-electron chi connectivity index (χ4n) is 1.76. The van der Waals surface area contributed by atoms with Gasteiger partial charge in [-0.15, -0.1) is 0 Å². The van der Waals surface area contributed by atoms with Crippen LogP contribution in [0, 0.1) is 6.92 Å². The second kappa shape index (κ2) is 5.38. The zero-order valence-electron chi connectivity index (χ0n) is 12.1. The first-order valence-corrected chi connectivity index (χ1v) is 7.13. The molecule has 0 radical (unpaired) electrons. The summed E-state index contributed by atoms with van der Waals surface area (Å²) in [6.07, 6.45) is 3.59. The molecule has 0 bridgehead atoms. The number of rotatable bonds is 4. The number of aromatic nitrogens is 4. The Labute approximate surface area is 118 Å². The number of nitrogens with zero attached hydrogens (tertiary/aromatic N) is 3. The average molecular weight is 279 g/mol. The molecule has 0 spiro atoms. The normalized spacial score (nSPS) is 12.1. The standard InChI is InChI=1S/C13H21N5S/c1-9-10(8-16-13(2,3)4)11(18(5)17-9)19-12-14-6-7-15-12/h6-7,16H,8H2,1-5H3,(H,14,15). The summed E-state index contributed by atoms with van der Waals surface area (Å²) in [6, 6.07) is 0. The number of nitrogens with one attached hydrogen (secondary N) is 2. The number of hydrogen-bond acceptors (Lipinski definition) is 4. The van der Waals surface area contributed by atoms with Gasteiger partial charge in [0.1, 0.15) is 5.03 Å². The Morgan fingerprint density at radius 3 is 2.74 bits per heavy atom. The molecule has 2 N–H and O–H groups in total. The molecule has 0 aromatic carbocycles. The van der Waals surface area contributed by atoms with Crippen molar-refractivity contribution in [1.82, 2.24) is 25.1 Å². The van der Waals surface area contributed by atoms with E-state index >= 15 is 0 Å². The van der Waals surface area contributed by atoms with E-state index < -0.39 is 0 Å². The van der Waals surface area contributed by atoms with Crippen LogP contribution in [0.25, 0.3) is 0 Å². The highest BCUT2D eigenvalue weighted by molar-refractivity contribution is 7.99. The highest BCUT2D eigenvalue weighted by Crippen LogP contribution is 2.29. The minimum atomic E-state index is 0.0922. The molecular weight excluding hydrogens is 258 g/mol. The van der Waals surface area contributed by atoms with E-state index in [2.05, 4.69) is 41.2 Å². The Morgan fingerprint density at radius 2 is 2.16 bits per heavy atom. The van der Waals surface area contributed by atoms with Crippen LogP contribution in [0.5, 0.6) is 0 Å². The largest absolute Gasteiger partial charge is 0.339 e. The van der Waals surface area contributed by atoms with Crippen molar-refractivity contribution in [1.29, 1.82) is 0 Å². The van der Waals surface area contributed by atoms with Gasteiger partial charge in [0.05, 0.1) is 5.69 Å². The molecule has 0 amide bonds. The van der Waals surface area contributed by atoms with Crippen LogP contribution in [0.3, 0.4) is 0 Å². The first-order chi connectivity index (χ1) is 8.87. The molecule has 0 unspecified atom stereocenters. The van der Waals surface area contributed by atoms with Crippen LogP contribution in [0.2, 0.25) is 0 Å². The summed E-state index contributed by atoms with van der Waals surface area (Å²) in [4.78, 5) is 7.37. The van der Waals surface area contributed by atoms with Crippen LogP contribution in [-0.2, 0) is 13.6 Å². The molecule has 2 aromatic rings. The van der Waals surface area contributed by atoms with Crippen LogP contribution in [0.15, 0.2) is 22.6 Å². The maximum Gasteiger partial charge on any atom is 0.171 e. The van der Waals surface area contributed by atoms with Crippen LogP contribution >= 0.6 is 11.8 Å². The first-order valence-electron chi connectivity index (χ1n) is 6.31. The summed E-state index contributed by atoms with van der Waals surface area (Å²) in [5.74, 6) is 0. The molecule has 0 atom stereocenters. The minimum absolute atomic E-state index is 0.0922.